The summed E-state index contributed by atoms with van der Waals surface area (Å²) in [6.07, 6.45) is 2.12. The summed E-state index contributed by atoms with van der Waals surface area (Å²) in [6, 6.07) is 3.91. The summed E-state index contributed by atoms with van der Waals surface area (Å²) in [6.45, 7) is 2.12. The molecule has 1 fully saturated rings. The normalized spacial score (nSPS) is 23.2. The van der Waals surface area contributed by atoms with Crippen LogP contribution in [0.3, 0.4) is 0 Å². The van der Waals surface area contributed by atoms with Crippen molar-refractivity contribution in [3.8, 4) is 11.5 Å². The number of rotatable bonds is 3. The molecule has 1 saturated carbocycles. The smallest absolute Gasteiger partial charge is 0.140 e. The van der Waals surface area contributed by atoms with Crippen LogP contribution in [0, 0.1) is 0 Å². The number of methoxy groups -OCH3 is 2. The Kier molecular flexibility index (Phi) is 3.66. The van der Waals surface area contributed by atoms with Crippen molar-refractivity contribution < 1.29 is 14.3 Å². The van der Waals surface area contributed by atoms with E-state index in [1.54, 1.807) is 14.2 Å². The second kappa shape index (κ2) is 4.92. The molecule has 1 atom stereocenters. The molecular formula is C14H17BrO3. The maximum atomic E-state index is 11.6. The van der Waals surface area contributed by atoms with Crippen LogP contribution in [-0.4, -0.2) is 20.0 Å². The molecule has 1 aromatic rings. The molecular weight excluding hydrogens is 296 g/mol. The number of halogens is 1. The number of hydrogen-bond donors (Lipinski definition) is 0. The van der Waals surface area contributed by atoms with Gasteiger partial charge in [-0.2, -0.15) is 0 Å². The van der Waals surface area contributed by atoms with Gasteiger partial charge in [-0.3, -0.25) is 4.79 Å². The molecule has 98 valence electrons. The lowest BCUT2D eigenvalue weighted by molar-refractivity contribution is -0.117. The Morgan fingerprint density at radius 2 is 2.00 bits per heavy atom. The van der Waals surface area contributed by atoms with Crippen LogP contribution in [-0.2, 0) is 10.2 Å². The molecule has 0 bridgehead atoms. The Morgan fingerprint density at radius 1 is 1.28 bits per heavy atom. The number of ketones is 1. The number of carbonyl (C=O) groups excluding carboxylic acids is 1. The van der Waals surface area contributed by atoms with Crippen LogP contribution in [0.25, 0.3) is 0 Å². The van der Waals surface area contributed by atoms with Gasteiger partial charge in [-0.25, -0.2) is 0 Å². The minimum atomic E-state index is -0.128. The summed E-state index contributed by atoms with van der Waals surface area (Å²) in [7, 11) is 3.27. The molecule has 0 aromatic heterocycles. The van der Waals surface area contributed by atoms with Crippen LogP contribution in [0.15, 0.2) is 16.6 Å². The Labute approximate surface area is 116 Å². The van der Waals surface area contributed by atoms with Crippen molar-refractivity contribution >= 4 is 21.7 Å². The first-order valence-electron chi connectivity index (χ1n) is 5.94. The van der Waals surface area contributed by atoms with Gasteiger partial charge in [-0.1, -0.05) is 13.0 Å². The average molecular weight is 313 g/mol. The average Bonchev–Trinajstić information content (AvgIpc) is 2.70. The third kappa shape index (κ3) is 2.14. The molecule has 1 aliphatic carbocycles. The molecule has 0 N–H and O–H groups in total. The molecule has 0 amide bonds. The van der Waals surface area contributed by atoms with E-state index in [0.717, 1.165) is 28.0 Å². The molecule has 0 spiro atoms. The molecule has 0 radical (unpaired) electrons. The fraction of sp³-hybridized carbons (Fsp3) is 0.500. The molecule has 2 rings (SSSR count). The topological polar surface area (TPSA) is 35.5 Å². The Balaban J connectivity index is 2.51. The van der Waals surface area contributed by atoms with Crippen molar-refractivity contribution in [2.24, 2.45) is 0 Å². The van der Waals surface area contributed by atoms with Gasteiger partial charge in [0.25, 0.3) is 0 Å². The van der Waals surface area contributed by atoms with E-state index in [-0.39, 0.29) is 5.41 Å². The van der Waals surface area contributed by atoms with Gasteiger partial charge in [0, 0.05) is 23.8 Å². The molecule has 4 heteroatoms. The first-order valence-corrected chi connectivity index (χ1v) is 6.74. The predicted molar refractivity (Wildman–Crippen MR) is 73.5 cm³/mol. The zero-order chi connectivity index (χ0) is 13.3. The molecule has 1 aliphatic rings. The van der Waals surface area contributed by atoms with E-state index in [1.165, 1.54) is 0 Å². The molecule has 0 saturated heterocycles. The Morgan fingerprint density at radius 3 is 2.50 bits per heavy atom. The lowest BCUT2D eigenvalue weighted by atomic mass is 9.80. The van der Waals surface area contributed by atoms with E-state index in [1.807, 2.05) is 12.1 Å². The van der Waals surface area contributed by atoms with Gasteiger partial charge in [0.05, 0.1) is 14.2 Å². The van der Waals surface area contributed by atoms with Crippen LogP contribution >= 0.6 is 15.9 Å². The fourth-order valence-electron chi connectivity index (χ4n) is 2.63. The van der Waals surface area contributed by atoms with Gasteiger partial charge < -0.3 is 9.47 Å². The van der Waals surface area contributed by atoms with E-state index in [4.69, 9.17) is 9.47 Å². The lowest BCUT2D eigenvalue weighted by Crippen LogP contribution is -2.19. The van der Waals surface area contributed by atoms with E-state index in [2.05, 4.69) is 22.9 Å². The summed E-state index contributed by atoms with van der Waals surface area (Å²) in [4.78, 5) is 11.6. The van der Waals surface area contributed by atoms with Crippen LogP contribution in [0.5, 0.6) is 11.5 Å². The van der Waals surface area contributed by atoms with Gasteiger partial charge in [0.15, 0.2) is 0 Å². The van der Waals surface area contributed by atoms with Crippen LogP contribution in [0.4, 0.5) is 0 Å². The van der Waals surface area contributed by atoms with E-state index in [0.29, 0.717) is 18.6 Å². The number of benzene rings is 1. The molecule has 0 aliphatic heterocycles. The number of carbonyl (C=O) groups is 1. The SMILES string of the molecule is COc1ccc(C2(C)CCC(=O)C2)c(OC)c1Br. The second-order valence-electron chi connectivity index (χ2n) is 4.94. The maximum absolute atomic E-state index is 11.6. The summed E-state index contributed by atoms with van der Waals surface area (Å²) >= 11 is 3.50. The monoisotopic (exact) mass is 312 g/mol. The third-order valence-corrected chi connectivity index (χ3v) is 4.43. The highest BCUT2D eigenvalue weighted by Crippen LogP contribution is 2.47. The highest BCUT2D eigenvalue weighted by Gasteiger charge is 2.38. The maximum Gasteiger partial charge on any atom is 0.140 e. The van der Waals surface area contributed by atoms with E-state index < -0.39 is 0 Å². The minimum absolute atomic E-state index is 0.128. The van der Waals surface area contributed by atoms with Crippen molar-refractivity contribution in [1.82, 2.24) is 0 Å². The predicted octanol–water partition coefficient (Wildman–Crippen LogP) is 3.48. The summed E-state index contributed by atoms with van der Waals surface area (Å²) in [5.74, 6) is 1.83. The van der Waals surface area contributed by atoms with Gasteiger partial charge in [-0.15, -0.1) is 0 Å². The first-order chi connectivity index (χ1) is 8.51. The minimum Gasteiger partial charge on any atom is -0.495 e. The standard InChI is InChI=1S/C14H17BrO3/c1-14(7-6-9(16)8-14)10-4-5-11(17-2)12(15)13(10)18-3/h4-5H,6-8H2,1-3H3. The highest BCUT2D eigenvalue weighted by atomic mass is 79.9. The Bertz CT molecular complexity index is 484. The molecule has 1 unspecified atom stereocenters. The number of Topliss-reactive ketones (excluding diaryl/α,β-unsaturated/α-hetero) is 1. The van der Waals surface area contributed by atoms with Crippen LogP contribution in [0.2, 0.25) is 0 Å². The zero-order valence-corrected chi connectivity index (χ0v) is 12.5. The fourth-order valence-corrected chi connectivity index (χ4v) is 3.30. The first kappa shape index (κ1) is 13.4. The van der Waals surface area contributed by atoms with Gasteiger partial charge in [0.1, 0.15) is 21.8 Å². The van der Waals surface area contributed by atoms with Gasteiger partial charge in [-0.05, 0) is 28.4 Å². The largest absolute Gasteiger partial charge is 0.495 e. The second-order valence-corrected chi connectivity index (χ2v) is 5.73. The molecule has 18 heavy (non-hydrogen) atoms. The molecule has 0 heterocycles. The van der Waals surface area contributed by atoms with Crippen LogP contribution in [0.1, 0.15) is 31.7 Å². The highest BCUT2D eigenvalue weighted by molar-refractivity contribution is 9.10. The van der Waals surface area contributed by atoms with Crippen molar-refractivity contribution in [2.75, 3.05) is 14.2 Å². The quantitative estimate of drug-likeness (QED) is 0.857. The van der Waals surface area contributed by atoms with Gasteiger partial charge >= 0.3 is 0 Å². The van der Waals surface area contributed by atoms with Crippen molar-refractivity contribution in [2.45, 2.75) is 31.6 Å². The zero-order valence-electron chi connectivity index (χ0n) is 10.9. The molecule has 3 nitrogen and oxygen atoms in total. The van der Waals surface area contributed by atoms with Crippen molar-refractivity contribution in [3.05, 3.63) is 22.2 Å². The van der Waals surface area contributed by atoms with Gasteiger partial charge in [0.2, 0.25) is 0 Å². The molecule has 1 aromatic carbocycles. The summed E-state index contributed by atoms with van der Waals surface area (Å²) in [5, 5.41) is 0. The van der Waals surface area contributed by atoms with Crippen molar-refractivity contribution in [1.29, 1.82) is 0 Å². The lowest BCUT2D eigenvalue weighted by Gasteiger charge is -2.26. The van der Waals surface area contributed by atoms with E-state index >= 15 is 0 Å². The van der Waals surface area contributed by atoms with Crippen molar-refractivity contribution in [3.63, 3.8) is 0 Å². The number of hydrogen-bond acceptors (Lipinski definition) is 3. The van der Waals surface area contributed by atoms with E-state index in [9.17, 15) is 4.79 Å². The third-order valence-electron chi connectivity index (χ3n) is 3.68. The van der Waals surface area contributed by atoms with Crippen LogP contribution < -0.4 is 9.47 Å². The number of ether oxygens (including phenoxy) is 2. The summed E-state index contributed by atoms with van der Waals surface area (Å²) < 4.78 is 11.6. The Hall–Kier alpha value is -1.03. The summed E-state index contributed by atoms with van der Waals surface area (Å²) in [5.41, 5.74) is 0.945.